The fourth-order valence-electron chi connectivity index (χ4n) is 4.12. The van der Waals surface area contributed by atoms with E-state index in [2.05, 4.69) is 54.6 Å². The van der Waals surface area contributed by atoms with Crippen LogP contribution in [0.3, 0.4) is 0 Å². The number of likely N-dealkylation sites (tertiary alicyclic amines) is 1. The quantitative estimate of drug-likeness (QED) is 0.504. The monoisotopic (exact) mass is 400 g/mol. The van der Waals surface area contributed by atoms with Crippen LogP contribution in [-0.2, 0) is 6.54 Å². The molecule has 0 aliphatic carbocycles. The highest BCUT2D eigenvalue weighted by Crippen LogP contribution is 2.29. The van der Waals surface area contributed by atoms with Crippen molar-refractivity contribution in [2.24, 2.45) is 0 Å². The lowest BCUT2D eigenvalue weighted by Crippen LogP contribution is -2.33. The van der Waals surface area contributed by atoms with Crippen molar-refractivity contribution < 1.29 is 4.74 Å². The van der Waals surface area contributed by atoms with Crippen molar-refractivity contribution >= 4 is 5.65 Å². The molecule has 0 bridgehead atoms. The molecule has 0 spiro atoms. The van der Waals surface area contributed by atoms with Crippen molar-refractivity contribution in [2.45, 2.75) is 32.2 Å². The van der Waals surface area contributed by atoms with Crippen LogP contribution in [-0.4, -0.2) is 42.6 Å². The average Bonchev–Trinajstić information content (AvgIpc) is 3.21. The van der Waals surface area contributed by atoms with Gasteiger partial charge in [-0.05, 0) is 62.2 Å². The van der Waals surface area contributed by atoms with E-state index >= 15 is 0 Å². The first kappa shape index (κ1) is 18.7. The molecule has 1 aromatic carbocycles. The Labute approximate surface area is 175 Å². The van der Waals surface area contributed by atoms with Gasteiger partial charge in [-0.15, -0.1) is 10.2 Å². The number of aromatic nitrogens is 5. The molecule has 1 fully saturated rings. The maximum Gasteiger partial charge on any atom is 0.179 e. The third kappa shape index (κ3) is 3.89. The SMILES string of the molecule is Cc1cc(CN2CCC(c3nnc4cnccn34)CC2)ccc1Oc1cccnc1. The van der Waals surface area contributed by atoms with Crippen molar-refractivity contribution in [1.82, 2.24) is 29.5 Å². The third-order valence-electron chi connectivity index (χ3n) is 5.70. The molecule has 1 aliphatic heterocycles. The molecule has 0 unspecified atom stereocenters. The van der Waals surface area contributed by atoms with Crippen molar-refractivity contribution in [1.29, 1.82) is 0 Å². The predicted octanol–water partition coefficient (Wildman–Crippen LogP) is 4.00. The van der Waals surface area contributed by atoms with Gasteiger partial charge in [0.15, 0.2) is 5.65 Å². The summed E-state index contributed by atoms with van der Waals surface area (Å²) in [5, 5.41) is 8.67. The lowest BCUT2D eigenvalue weighted by molar-refractivity contribution is 0.201. The molecular weight excluding hydrogens is 376 g/mol. The van der Waals surface area contributed by atoms with Crippen LogP contribution < -0.4 is 4.74 Å². The van der Waals surface area contributed by atoms with Gasteiger partial charge in [0.2, 0.25) is 0 Å². The topological polar surface area (TPSA) is 68.4 Å². The molecule has 1 aliphatic rings. The number of hydrogen-bond acceptors (Lipinski definition) is 6. The fourth-order valence-corrected chi connectivity index (χ4v) is 4.12. The Morgan fingerprint density at radius 2 is 1.90 bits per heavy atom. The molecule has 30 heavy (non-hydrogen) atoms. The van der Waals surface area contributed by atoms with Crippen LogP contribution in [0.25, 0.3) is 5.65 Å². The summed E-state index contributed by atoms with van der Waals surface area (Å²) in [4.78, 5) is 10.7. The highest BCUT2D eigenvalue weighted by molar-refractivity contribution is 5.39. The maximum atomic E-state index is 5.95. The minimum absolute atomic E-state index is 0.440. The van der Waals surface area contributed by atoms with Gasteiger partial charge in [-0.2, -0.15) is 0 Å². The Morgan fingerprint density at radius 1 is 1.03 bits per heavy atom. The molecule has 4 aromatic rings. The van der Waals surface area contributed by atoms with Gasteiger partial charge < -0.3 is 4.74 Å². The van der Waals surface area contributed by atoms with Crippen LogP contribution in [0.15, 0.2) is 61.3 Å². The standard InChI is InChI=1S/C23H24N6O/c1-17-13-18(4-5-21(17)30-20-3-2-8-24-14-20)16-28-10-6-19(7-11-28)23-27-26-22-15-25-9-12-29(22)23/h2-5,8-9,12-15,19H,6-7,10-11,16H2,1H3. The summed E-state index contributed by atoms with van der Waals surface area (Å²) >= 11 is 0. The zero-order chi connectivity index (χ0) is 20.3. The highest BCUT2D eigenvalue weighted by atomic mass is 16.5. The normalized spacial score (nSPS) is 15.5. The first-order chi connectivity index (χ1) is 14.8. The molecule has 0 amide bonds. The number of fused-ring (bicyclic) bond motifs is 1. The van der Waals surface area contributed by atoms with Gasteiger partial charge in [0, 0.05) is 31.1 Å². The summed E-state index contributed by atoms with van der Waals surface area (Å²) in [7, 11) is 0. The van der Waals surface area contributed by atoms with Crippen LogP contribution in [0.2, 0.25) is 0 Å². The second kappa shape index (κ2) is 8.20. The van der Waals surface area contributed by atoms with Gasteiger partial charge in [-0.3, -0.25) is 19.3 Å². The predicted molar refractivity (Wildman–Crippen MR) is 114 cm³/mol. The van der Waals surface area contributed by atoms with E-state index in [4.69, 9.17) is 4.74 Å². The maximum absolute atomic E-state index is 5.95. The van der Waals surface area contributed by atoms with Crippen molar-refractivity contribution in [3.8, 4) is 11.5 Å². The molecule has 4 heterocycles. The number of rotatable bonds is 5. The molecule has 5 rings (SSSR count). The van der Waals surface area contributed by atoms with Gasteiger partial charge in [0.1, 0.15) is 17.3 Å². The minimum atomic E-state index is 0.440. The first-order valence-electron chi connectivity index (χ1n) is 10.3. The number of nitrogens with zero attached hydrogens (tertiary/aromatic N) is 6. The van der Waals surface area contributed by atoms with E-state index in [0.717, 1.165) is 61.0 Å². The minimum Gasteiger partial charge on any atom is -0.455 e. The Balaban J connectivity index is 1.21. The average molecular weight is 400 g/mol. The molecule has 0 radical (unpaired) electrons. The van der Waals surface area contributed by atoms with Gasteiger partial charge in [0.25, 0.3) is 0 Å². The molecule has 152 valence electrons. The Hall–Kier alpha value is -3.32. The van der Waals surface area contributed by atoms with Crippen molar-refractivity contribution in [3.63, 3.8) is 0 Å². The van der Waals surface area contributed by atoms with E-state index in [1.165, 1.54) is 5.56 Å². The first-order valence-corrected chi connectivity index (χ1v) is 10.3. The number of benzene rings is 1. The number of ether oxygens (including phenoxy) is 1. The van der Waals surface area contributed by atoms with Crippen LogP contribution in [0, 0.1) is 6.92 Å². The summed E-state index contributed by atoms with van der Waals surface area (Å²) in [5.41, 5.74) is 3.26. The summed E-state index contributed by atoms with van der Waals surface area (Å²) in [6, 6.07) is 10.2. The van der Waals surface area contributed by atoms with E-state index in [1.54, 1.807) is 24.8 Å². The van der Waals surface area contributed by atoms with Crippen LogP contribution in [0.1, 0.15) is 35.7 Å². The van der Waals surface area contributed by atoms with Crippen LogP contribution in [0.5, 0.6) is 11.5 Å². The van der Waals surface area contributed by atoms with Gasteiger partial charge >= 0.3 is 0 Å². The summed E-state index contributed by atoms with van der Waals surface area (Å²) in [6.45, 7) is 5.15. The van der Waals surface area contributed by atoms with Gasteiger partial charge in [-0.25, -0.2) is 0 Å². The zero-order valence-electron chi connectivity index (χ0n) is 17.0. The van der Waals surface area contributed by atoms with Crippen LogP contribution in [0.4, 0.5) is 0 Å². The molecule has 0 saturated carbocycles. The lowest BCUT2D eigenvalue weighted by Gasteiger charge is -2.31. The molecule has 3 aromatic heterocycles. The van der Waals surface area contributed by atoms with Gasteiger partial charge in [0.05, 0.1) is 12.4 Å². The smallest absolute Gasteiger partial charge is 0.179 e. The Bertz CT molecular complexity index is 1130. The number of piperidine rings is 1. The number of aryl methyl sites for hydroxylation is 1. The third-order valence-corrected chi connectivity index (χ3v) is 5.70. The summed E-state index contributed by atoms with van der Waals surface area (Å²) in [5.74, 6) is 3.13. The van der Waals surface area contributed by atoms with Crippen molar-refractivity contribution in [2.75, 3.05) is 13.1 Å². The molecular formula is C23H24N6O. The zero-order valence-corrected chi connectivity index (χ0v) is 17.0. The number of pyridine rings is 1. The van der Waals surface area contributed by atoms with E-state index in [9.17, 15) is 0 Å². The van der Waals surface area contributed by atoms with E-state index in [-0.39, 0.29) is 0 Å². The summed E-state index contributed by atoms with van der Waals surface area (Å²) < 4.78 is 8.02. The Kier molecular flexibility index (Phi) is 5.11. The van der Waals surface area contributed by atoms with E-state index in [1.807, 2.05) is 18.3 Å². The van der Waals surface area contributed by atoms with Crippen molar-refractivity contribution in [3.05, 3.63) is 78.3 Å². The molecule has 0 atom stereocenters. The summed E-state index contributed by atoms with van der Waals surface area (Å²) in [6.07, 6.45) is 11.2. The largest absolute Gasteiger partial charge is 0.455 e. The van der Waals surface area contributed by atoms with E-state index < -0.39 is 0 Å². The van der Waals surface area contributed by atoms with E-state index in [0.29, 0.717) is 5.92 Å². The molecule has 1 saturated heterocycles. The second-order valence-electron chi connectivity index (χ2n) is 7.80. The lowest BCUT2D eigenvalue weighted by atomic mass is 9.95. The van der Waals surface area contributed by atoms with Gasteiger partial charge in [-0.1, -0.05) is 12.1 Å². The second-order valence-corrected chi connectivity index (χ2v) is 7.80. The Morgan fingerprint density at radius 3 is 2.70 bits per heavy atom. The fraction of sp³-hybridized carbons (Fsp3) is 0.304. The molecule has 7 heteroatoms. The molecule has 0 N–H and O–H groups in total. The molecule has 7 nitrogen and oxygen atoms in total. The van der Waals surface area contributed by atoms with Crippen LogP contribution >= 0.6 is 0 Å². The number of hydrogen-bond donors (Lipinski definition) is 0. The highest BCUT2D eigenvalue weighted by Gasteiger charge is 2.24.